The minimum absolute atomic E-state index is 0.454. The maximum absolute atomic E-state index is 13.5. The SMILES string of the molecule is CCCNC(CSc1ccc(F)cc1F)C1CC1. The number of thioether (sulfide) groups is 1. The van der Waals surface area contributed by atoms with E-state index in [-0.39, 0.29) is 0 Å². The van der Waals surface area contributed by atoms with Gasteiger partial charge in [-0.15, -0.1) is 11.8 Å². The highest BCUT2D eigenvalue weighted by atomic mass is 32.2. The minimum atomic E-state index is -0.514. The normalized spacial score (nSPS) is 16.8. The second kappa shape index (κ2) is 6.53. The van der Waals surface area contributed by atoms with Crippen LogP contribution < -0.4 is 5.32 Å². The van der Waals surface area contributed by atoms with Crippen LogP contribution in [-0.4, -0.2) is 18.3 Å². The number of halogens is 2. The van der Waals surface area contributed by atoms with Gasteiger partial charge in [0.25, 0.3) is 0 Å². The van der Waals surface area contributed by atoms with Crippen LogP contribution in [0.5, 0.6) is 0 Å². The Kier molecular flexibility index (Phi) is 5.01. The lowest BCUT2D eigenvalue weighted by molar-refractivity contribution is 0.502. The van der Waals surface area contributed by atoms with Crippen molar-refractivity contribution in [1.82, 2.24) is 5.32 Å². The van der Waals surface area contributed by atoms with E-state index in [0.29, 0.717) is 10.9 Å². The summed E-state index contributed by atoms with van der Waals surface area (Å²) in [7, 11) is 0. The van der Waals surface area contributed by atoms with E-state index in [1.807, 2.05) is 0 Å². The number of hydrogen-bond donors (Lipinski definition) is 1. The van der Waals surface area contributed by atoms with Gasteiger partial charge >= 0.3 is 0 Å². The zero-order valence-electron chi connectivity index (χ0n) is 10.6. The van der Waals surface area contributed by atoms with Crippen LogP contribution in [0.3, 0.4) is 0 Å². The molecule has 1 unspecified atom stereocenters. The Bertz CT molecular complexity index is 393. The van der Waals surface area contributed by atoms with Crippen LogP contribution in [-0.2, 0) is 0 Å². The van der Waals surface area contributed by atoms with Crippen LogP contribution in [0.2, 0.25) is 0 Å². The molecular formula is C14H19F2NS. The molecule has 0 spiro atoms. The Balaban J connectivity index is 1.88. The van der Waals surface area contributed by atoms with Crippen molar-refractivity contribution in [3.8, 4) is 0 Å². The van der Waals surface area contributed by atoms with E-state index in [1.54, 1.807) is 0 Å². The third-order valence-corrected chi connectivity index (χ3v) is 4.33. The van der Waals surface area contributed by atoms with Crippen molar-refractivity contribution < 1.29 is 8.78 Å². The van der Waals surface area contributed by atoms with E-state index in [9.17, 15) is 8.78 Å². The van der Waals surface area contributed by atoms with E-state index in [4.69, 9.17) is 0 Å². The molecule has 1 nitrogen and oxygen atoms in total. The van der Waals surface area contributed by atoms with Crippen molar-refractivity contribution in [2.45, 2.75) is 37.1 Å². The highest BCUT2D eigenvalue weighted by Gasteiger charge is 2.30. The molecule has 100 valence electrons. The average Bonchev–Trinajstić information content (AvgIpc) is 3.15. The summed E-state index contributed by atoms with van der Waals surface area (Å²) in [6.07, 6.45) is 3.65. The number of benzene rings is 1. The van der Waals surface area contributed by atoms with E-state index in [1.165, 1.54) is 36.7 Å². The highest BCUT2D eigenvalue weighted by Crippen LogP contribution is 2.35. The summed E-state index contributed by atoms with van der Waals surface area (Å²) in [6.45, 7) is 3.15. The molecule has 1 aliphatic carbocycles. The summed E-state index contributed by atoms with van der Waals surface area (Å²) in [4.78, 5) is 0.542. The molecule has 1 aliphatic rings. The first-order chi connectivity index (χ1) is 8.70. The summed E-state index contributed by atoms with van der Waals surface area (Å²) < 4.78 is 26.3. The summed E-state index contributed by atoms with van der Waals surface area (Å²) in [5.74, 6) is 0.630. The third-order valence-electron chi connectivity index (χ3n) is 3.16. The lowest BCUT2D eigenvalue weighted by Gasteiger charge is -2.17. The average molecular weight is 271 g/mol. The molecule has 4 heteroatoms. The molecule has 0 bridgehead atoms. The Hall–Kier alpha value is -0.610. The standard InChI is InChI=1S/C14H19F2NS/c1-2-7-17-13(10-3-4-10)9-18-14-6-5-11(15)8-12(14)16/h5-6,8,10,13,17H,2-4,7,9H2,1H3. The van der Waals surface area contributed by atoms with Gasteiger partial charge in [-0.1, -0.05) is 6.92 Å². The molecular weight excluding hydrogens is 252 g/mol. The van der Waals surface area contributed by atoms with Crippen molar-refractivity contribution in [2.24, 2.45) is 5.92 Å². The lowest BCUT2D eigenvalue weighted by Crippen LogP contribution is -2.33. The van der Waals surface area contributed by atoms with Crippen LogP contribution >= 0.6 is 11.8 Å². The van der Waals surface area contributed by atoms with Gasteiger partial charge in [-0.3, -0.25) is 0 Å². The molecule has 1 saturated carbocycles. The molecule has 2 rings (SSSR count). The van der Waals surface area contributed by atoms with Gasteiger partial charge in [-0.25, -0.2) is 8.78 Å². The molecule has 0 aliphatic heterocycles. The molecule has 1 aromatic rings. The fraction of sp³-hybridized carbons (Fsp3) is 0.571. The largest absolute Gasteiger partial charge is 0.313 e. The zero-order chi connectivity index (χ0) is 13.0. The van der Waals surface area contributed by atoms with E-state index >= 15 is 0 Å². The van der Waals surface area contributed by atoms with Crippen LogP contribution in [0.15, 0.2) is 23.1 Å². The molecule has 0 radical (unpaired) electrons. The van der Waals surface area contributed by atoms with Crippen LogP contribution in [0, 0.1) is 17.6 Å². The van der Waals surface area contributed by atoms with Crippen LogP contribution in [0.1, 0.15) is 26.2 Å². The summed E-state index contributed by atoms with van der Waals surface area (Å²) >= 11 is 1.48. The Morgan fingerprint density at radius 3 is 2.78 bits per heavy atom. The van der Waals surface area contributed by atoms with Gasteiger partial charge in [0, 0.05) is 22.8 Å². The second-order valence-electron chi connectivity index (χ2n) is 4.78. The lowest BCUT2D eigenvalue weighted by atomic mass is 10.2. The molecule has 1 fully saturated rings. The van der Waals surface area contributed by atoms with Gasteiger partial charge in [0.05, 0.1) is 0 Å². The molecule has 1 aromatic carbocycles. The number of nitrogens with one attached hydrogen (secondary N) is 1. The topological polar surface area (TPSA) is 12.0 Å². The highest BCUT2D eigenvalue weighted by molar-refractivity contribution is 7.99. The van der Waals surface area contributed by atoms with Gasteiger partial charge < -0.3 is 5.32 Å². The molecule has 18 heavy (non-hydrogen) atoms. The summed E-state index contributed by atoms with van der Waals surface area (Å²) in [6, 6.07) is 4.25. The molecule has 1 atom stereocenters. The summed E-state index contributed by atoms with van der Waals surface area (Å²) in [5.41, 5.74) is 0. The maximum atomic E-state index is 13.5. The Labute approximate surface area is 111 Å². The molecule has 0 saturated heterocycles. The van der Waals surface area contributed by atoms with Gasteiger partial charge in [0.1, 0.15) is 11.6 Å². The summed E-state index contributed by atoms with van der Waals surface area (Å²) in [5, 5.41) is 3.52. The van der Waals surface area contributed by atoms with Gasteiger partial charge in [-0.2, -0.15) is 0 Å². The molecule has 1 N–H and O–H groups in total. The minimum Gasteiger partial charge on any atom is -0.313 e. The van der Waals surface area contributed by atoms with E-state index < -0.39 is 11.6 Å². The predicted molar refractivity (Wildman–Crippen MR) is 71.9 cm³/mol. The van der Waals surface area contributed by atoms with Crippen LogP contribution in [0.4, 0.5) is 8.78 Å². The zero-order valence-corrected chi connectivity index (χ0v) is 11.4. The van der Waals surface area contributed by atoms with Crippen molar-refractivity contribution in [2.75, 3.05) is 12.3 Å². The maximum Gasteiger partial charge on any atom is 0.139 e. The quantitative estimate of drug-likeness (QED) is 0.756. The van der Waals surface area contributed by atoms with Crippen molar-refractivity contribution >= 4 is 11.8 Å². The second-order valence-corrected chi connectivity index (χ2v) is 5.85. The van der Waals surface area contributed by atoms with Crippen molar-refractivity contribution in [1.29, 1.82) is 0 Å². The Morgan fingerprint density at radius 1 is 1.39 bits per heavy atom. The van der Waals surface area contributed by atoms with Gasteiger partial charge in [0.15, 0.2) is 0 Å². The molecule has 0 aromatic heterocycles. The van der Waals surface area contributed by atoms with E-state index in [0.717, 1.165) is 30.7 Å². The van der Waals surface area contributed by atoms with Crippen LogP contribution in [0.25, 0.3) is 0 Å². The number of rotatable bonds is 7. The third kappa shape index (κ3) is 3.95. The van der Waals surface area contributed by atoms with Gasteiger partial charge in [-0.05, 0) is 43.9 Å². The first-order valence-electron chi connectivity index (χ1n) is 6.52. The first kappa shape index (κ1) is 13.8. The van der Waals surface area contributed by atoms with Gasteiger partial charge in [0.2, 0.25) is 0 Å². The fourth-order valence-corrected chi connectivity index (χ4v) is 3.07. The smallest absolute Gasteiger partial charge is 0.139 e. The Morgan fingerprint density at radius 2 is 2.17 bits per heavy atom. The monoisotopic (exact) mass is 271 g/mol. The fourth-order valence-electron chi connectivity index (χ4n) is 1.96. The first-order valence-corrected chi connectivity index (χ1v) is 7.50. The molecule has 0 amide bonds. The van der Waals surface area contributed by atoms with Crippen molar-refractivity contribution in [3.63, 3.8) is 0 Å². The molecule has 0 heterocycles. The predicted octanol–water partition coefficient (Wildman–Crippen LogP) is 3.84. The van der Waals surface area contributed by atoms with Crippen molar-refractivity contribution in [3.05, 3.63) is 29.8 Å². The number of hydrogen-bond acceptors (Lipinski definition) is 2. The van der Waals surface area contributed by atoms with E-state index in [2.05, 4.69) is 12.2 Å².